The number of hydrogen-bond donors (Lipinski definition) is 2. The smallest absolute Gasteiger partial charge is 0.255 e. The number of benzene rings is 2. The highest BCUT2D eigenvalue weighted by atomic mass is 32.2. The van der Waals surface area contributed by atoms with Crippen molar-refractivity contribution >= 4 is 21.0 Å². The van der Waals surface area contributed by atoms with Crippen LogP contribution in [-0.4, -0.2) is 19.7 Å². The zero-order chi connectivity index (χ0) is 24.0. The fourth-order valence-corrected chi connectivity index (χ4v) is 4.84. The molecule has 33 heavy (non-hydrogen) atoms. The lowest BCUT2D eigenvalue weighted by molar-refractivity contribution is 0.559. The normalized spacial score (nSPS) is 13.4. The molecule has 172 valence electrons. The molecule has 0 radical (unpaired) electrons. The second-order valence-electron chi connectivity index (χ2n) is 9.45. The number of aromatic amines is 1. The van der Waals surface area contributed by atoms with Crippen LogP contribution in [0.3, 0.4) is 0 Å². The third kappa shape index (κ3) is 4.79. The number of furan rings is 1. The van der Waals surface area contributed by atoms with Gasteiger partial charge in [0.1, 0.15) is 5.58 Å². The summed E-state index contributed by atoms with van der Waals surface area (Å²) in [4.78, 5) is 15.2. The molecule has 2 aromatic carbocycles. The second kappa shape index (κ2) is 8.32. The molecule has 1 unspecified atom stereocenters. The van der Waals surface area contributed by atoms with Crippen molar-refractivity contribution < 1.29 is 12.8 Å². The summed E-state index contributed by atoms with van der Waals surface area (Å²) in [6, 6.07) is 15.1. The molecule has 0 saturated carbocycles. The van der Waals surface area contributed by atoms with Gasteiger partial charge in [0.25, 0.3) is 5.56 Å². The number of hydrogen-bond acceptors (Lipinski definition) is 4. The first kappa shape index (κ1) is 23.0. The molecular formula is C26H28N2O4S. The van der Waals surface area contributed by atoms with Crippen LogP contribution in [0.2, 0.25) is 0 Å². The highest BCUT2D eigenvalue weighted by molar-refractivity contribution is 7.88. The number of H-pyrrole nitrogens is 1. The number of sulfonamides is 1. The summed E-state index contributed by atoms with van der Waals surface area (Å²) in [5.74, 6) is 0. The van der Waals surface area contributed by atoms with E-state index in [1.165, 1.54) is 0 Å². The summed E-state index contributed by atoms with van der Waals surface area (Å²) in [7, 11) is -3.30. The van der Waals surface area contributed by atoms with Crippen molar-refractivity contribution in [1.29, 1.82) is 0 Å². The molecule has 0 aliphatic carbocycles. The number of nitrogens with one attached hydrogen (secondary N) is 2. The monoisotopic (exact) mass is 464 g/mol. The van der Waals surface area contributed by atoms with Gasteiger partial charge in [-0.15, -0.1) is 0 Å². The minimum Gasteiger partial charge on any atom is -0.463 e. The van der Waals surface area contributed by atoms with Gasteiger partial charge in [0.05, 0.1) is 12.5 Å². The van der Waals surface area contributed by atoms with E-state index in [9.17, 15) is 13.2 Å². The van der Waals surface area contributed by atoms with Gasteiger partial charge >= 0.3 is 0 Å². The summed E-state index contributed by atoms with van der Waals surface area (Å²) in [6.45, 7) is 8.17. The standard InChI is InChI=1S/C26H28N2O4S/c1-16(28-33(5,30)31)17-8-10-18(11-9-17)22-15-32-24-21(22)13-19(14-23(24)26(2,3)4)20-7-6-12-27-25(20)29/h6-16,28H,1-5H3,(H,27,29). The first-order valence-electron chi connectivity index (χ1n) is 10.8. The molecular weight excluding hydrogens is 436 g/mol. The maximum absolute atomic E-state index is 12.5. The molecule has 0 saturated heterocycles. The Hall–Kier alpha value is -3.16. The van der Waals surface area contributed by atoms with E-state index >= 15 is 0 Å². The van der Waals surface area contributed by atoms with Gasteiger partial charge in [0.2, 0.25) is 10.0 Å². The zero-order valence-corrected chi connectivity index (χ0v) is 20.2. The van der Waals surface area contributed by atoms with Gasteiger partial charge in [-0.1, -0.05) is 45.0 Å². The fraction of sp³-hybridized carbons (Fsp3) is 0.269. The highest BCUT2D eigenvalue weighted by Crippen LogP contribution is 2.39. The van der Waals surface area contributed by atoms with Crippen molar-refractivity contribution in [3.63, 3.8) is 0 Å². The van der Waals surface area contributed by atoms with E-state index < -0.39 is 10.0 Å². The molecule has 0 aliphatic rings. The Bertz CT molecular complexity index is 1470. The van der Waals surface area contributed by atoms with E-state index in [2.05, 4.69) is 30.5 Å². The van der Waals surface area contributed by atoms with Crippen molar-refractivity contribution in [3.8, 4) is 22.3 Å². The van der Waals surface area contributed by atoms with E-state index in [-0.39, 0.29) is 17.0 Å². The van der Waals surface area contributed by atoms with Crippen molar-refractivity contribution in [2.24, 2.45) is 0 Å². The van der Waals surface area contributed by atoms with Crippen LogP contribution in [0.5, 0.6) is 0 Å². The summed E-state index contributed by atoms with van der Waals surface area (Å²) < 4.78 is 31.7. The first-order valence-corrected chi connectivity index (χ1v) is 12.6. The summed E-state index contributed by atoms with van der Waals surface area (Å²) in [5.41, 5.74) is 5.65. The lowest BCUT2D eigenvalue weighted by Crippen LogP contribution is -2.25. The van der Waals surface area contributed by atoms with Gasteiger partial charge in [-0.3, -0.25) is 4.79 Å². The predicted molar refractivity (Wildman–Crippen MR) is 133 cm³/mol. The summed E-state index contributed by atoms with van der Waals surface area (Å²) >= 11 is 0. The number of aromatic nitrogens is 1. The van der Waals surface area contributed by atoms with E-state index in [1.54, 1.807) is 12.5 Å². The quantitative estimate of drug-likeness (QED) is 0.416. The third-order valence-corrected chi connectivity index (χ3v) is 6.51. The van der Waals surface area contributed by atoms with Crippen LogP contribution in [0, 0.1) is 0 Å². The molecule has 6 nitrogen and oxygen atoms in total. The number of pyridine rings is 1. The van der Waals surface area contributed by atoms with Crippen LogP contribution >= 0.6 is 0 Å². The molecule has 0 spiro atoms. The van der Waals surface area contributed by atoms with E-state index in [1.807, 2.05) is 55.5 Å². The van der Waals surface area contributed by atoms with Gasteiger partial charge in [-0.05, 0) is 53.3 Å². The highest BCUT2D eigenvalue weighted by Gasteiger charge is 2.23. The predicted octanol–water partition coefficient (Wildman–Crippen LogP) is 5.36. The van der Waals surface area contributed by atoms with Gasteiger partial charge in [-0.2, -0.15) is 0 Å². The van der Waals surface area contributed by atoms with Crippen LogP contribution in [0.4, 0.5) is 0 Å². The van der Waals surface area contributed by atoms with Crippen molar-refractivity contribution in [2.75, 3.05) is 6.26 Å². The summed E-state index contributed by atoms with van der Waals surface area (Å²) in [5, 5.41) is 0.927. The molecule has 4 aromatic rings. The lowest BCUT2D eigenvalue weighted by Gasteiger charge is -2.20. The van der Waals surface area contributed by atoms with E-state index in [0.717, 1.165) is 45.0 Å². The molecule has 2 aromatic heterocycles. The largest absolute Gasteiger partial charge is 0.463 e. The minimum absolute atomic E-state index is 0.140. The zero-order valence-electron chi connectivity index (χ0n) is 19.4. The van der Waals surface area contributed by atoms with Crippen LogP contribution < -0.4 is 10.3 Å². The van der Waals surface area contributed by atoms with Crippen molar-refractivity contribution in [2.45, 2.75) is 39.2 Å². The number of rotatable bonds is 5. The van der Waals surface area contributed by atoms with Gasteiger partial charge < -0.3 is 9.40 Å². The van der Waals surface area contributed by atoms with Crippen LogP contribution in [-0.2, 0) is 15.4 Å². The maximum atomic E-state index is 12.5. The Morgan fingerprint density at radius 2 is 1.70 bits per heavy atom. The molecule has 2 heterocycles. The molecule has 7 heteroatoms. The van der Waals surface area contributed by atoms with Crippen LogP contribution in [0.25, 0.3) is 33.2 Å². The van der Waals surface area contributed by atoms with Crippen LogP contribution in [0.1, 0.15) is 44.9 Å². The summed E-state index contributed by atoms with van der Waals surface area (Å²) in [6.07, 6.45) is 4.52. The number of fused-ring (bicyclic) bond motifs is 1. The molecule has 0 aliphatic heterocycles. The Balaban J connectivity index is 1.85. The van der Waals surface area contributed by atoms with E-state index in [0.29, 0.717) is 5.56 Å². The molecule has 0 fully saturated rings. The molecule has 0 amide bonds. The average Bonchev–Trinajstić information content (AvgIpc) is 3.15. The molecule has 0 bridgehead atoms. The van der Waals surface area contributed by atoms with Gasteiger partial charge in [-0.25, -0.2) is 13.1 Å². The second-order valence-corrected chi connectivity index (χ2v) is 11.2. The lowest BCUT2D eigenvalue weighted by atomic mass is 9.83. The molecule has 2 N–H and O–H groups in total. The SMILES string of the molecule is CC(NS(C)(=O)=O)c1ccc(-c2coc3c(C(C)(C)C)cc(-c4ccc[nH]c4=O)cc23)cc1. The topological polar surface area (TPSA) is 92.2 Å². The average molecular weight is 465 g/mol. The molecule has 1 atom stereocenters. The minimum atomic E-state index is -3.30. The van der Waals surface area contributed by atoms with Gasteiger partial charge in [0.15, 0.2) is 0 Å². The van der Waals surface area contributed by atoms with Gasteiger partial charge in [0, 0.05) is 34.3 Å². The van der Waals surface area contributed by atoms with Crippen molar-refractivity contribution in [3.05, 3.63) is 82.5 Å². The first-order chi connectivity index (χ1) is 15.4. The van der Waals surface area contributed by atoms with Crippen LogP contribution in [0.15, 0.2) is 70.2 Å². The molecule has 4 rings (SSSR count). The fourth-order valence-electron chi connectivity index (χ4n) is 4.06. The Labute approximate surface area is 193 Å². The van der Waals surface area contributed by atoms with Crippen molar-refractivity contribution in [1.82, 2.24) is 9.71 Å². The van der Waals surface area contributed by atoms with E-state index in [4.69, 9.17) is 4.42 Å². The Morgan fingerprint density at radius 3 is 2.30 bits per heavy atom. The maximum Gasteiger partial charge on any atom is 0.255 e. The Morgan fingerprint density at radius 1 is 1.00 bits per heavy atom. The Kier molecular flexibility index (Phi) is 5.80. The third-order valence-electron chi connectivity index (χ3n) is 5.72.